The Morgan fingerprint density at radius 2 is 2.10 bits per heavy atom. The standard InChI is InChI=1S/C15H24N4O2/c1-10-14(9-17-18(10)6-2-5-16)15(21)19-11-3-4-12(19)8-13(20)7-11/h9,11-13,20H,2-8,16H2,1H3. The summed E-state index contributed by atoms with van der Waals surface area (Å²) in [6.45, 7) is 3.31. The Morgan fingerprint density at radius 1 is 1.43 bits per heavy atom. The number of aromatic nitrogens is 2. The molecule has 3 heterocycles. The number of nitrogens with zero attached hydrogens (tertiary/aromatic N) is 3. The van der Waals surface area contributed by atoms with Crippen LogP contribution < -0.4 is 5.73 Å². The lowest BCUT2D eigenvalue weighted by molar-refractivity contribution is 0.0286. The van der Waals surface area contributed by atoms with E-state index in [1.54, 1.807) is 6.20 Å². The first-order valence-electron chi connectivity index (χ1n) is 7.85. The van der Waals surface area contributed by atoms with Gasteiger partial charge in [0, 0.05) is 24.3 Å². The van der Waals surface area contributed by atoms with Gasteiger partial charge in [0.15, 0.2) is 0 Å². The molecule has 2 atom stereocenters. The number of piperidine rings is 1. The van der Waals surface area contributed by atoms with Gasteiger partial charge in [0.1, 0.15) is 0 Å². The van der Waals surface area contributed by atoms with Crippen molar-refractivity contribution in [2.75, 3.05) is 6.54 Å². The molecule has 2 aliphatic rings. The number of hydrogen-bond acceptors (Lipinski definition) is 4. The van der Waals surface area contributed by atoms with E-state index in [1.165, 1.54) is 0 Å². The van der Waals surface area contributed by atoms with Crippen molar-refractivity contribution in [2.45, 2.75) is 63.8 Å². The number of aryl methyl sites for hydroxylation is 1. The number of carbonyl (C=O) groups excluding carboxylic acids is 1. The van der Waals surface area contributed by atoms with Crippen LogP contribution in [0.4, 0.5) is 0 Å². The molecule has 2 aliphatic heterocycles. The molecule has 1 aromatic heterocycles. The van der Waals surface area contributed by atoms with E-state index >= 15 is 0 Å². The third-order valence-electron chi connectivity index (χ3n) is 4.85. The van der Waals surface area contributed by atoms with E-state index in [4.69, 9.17) is 5.73 Å². The lowest BCUT2D eigenvalue weighted by Crippen LogP contribution is -2.48. The van der Waals surface area contributed by atoms with Gasteiger partial charge in [0.05, 0.1) is 17.9 Å². The first-order valence-corrected chi connectivity index (χ1v) is 7.85. The summed E-state index contributed by atoms with van der Waals surface area (Å²) in [6, 6.07) is 0.385. The van der Waals surface area contributed by atoms with E-state index in [9.17, 15) is 9.90 Å². The summed E-state index contributed by atoms with van der Waals surface area (Å²) in [5, 5.41) is 14.2. The van der Waals surface area contributed by atoms with E-state index in [2.05, 4.69) is 5.10 Å². The topological polar surface area (TPSA) is 84.4 Å². The van der Waals surface area contributed by atoms with E-state index in [0.717, 1.165) is 31.5 Å². The molecule has 1 aromatic rings. The van der Waals surface area contributed by atoms with E-state index < -0.39 is 0 Å². The number of nitrogens with two attached hydrogens (primary N) is 1. The Hall–Kier alpha value is -1.40. The average molecular weight is 292 g/mol. The summed E-state index contributed by atoms with van der Waals surface area (Å²) < 4.78 is 1.86. The molecule has 6 heteroatoms. The number of amides is 1. The van der Waals surface area contributed by atoms with Crippen LogP contribution in [-0.2, 0) is 6.54 Å². The Kier molecular flexibility index (Phi) is 3.99. The Balaban J connectivity index is 1.78. The summed E-state index contributed by atoms with van der Waals surface area (Å²) >= 11 is 0. The van der Waals surface area contributed by atoms with Crippen LogP contribution in [0.1, 0.15) is 48.2 Å². The zero-order valence-electron chi connectivity index (χ0n) is 12.5. The van der Waals surface area contributed by atoms with E-state index in [0.29, 0.717) is 24.9 Å². The van der Waals surface area contributed by atoms with Crippen LogP contribution in [0.3, 0.4) is 0 Å². The molecule has 2 unspecified atom stereocenters. The molecule has 0 aromatic carbocycles. The Bertz CT molecular complexity index is 514. The number of hydrogen-bond donors (Lipinski definition) is 2. The molecule has 6 nitrogen and oxygen atoms in total. The van der Waals surface area contributed by atoms with Gasteiger partial charge in [-0.1, -0.05) is 0 Å². The van der Waals surface area contributed by atoms with Crippen LogP contribution in [0.15, 0.2) is 6.20 Å². The SMILES string of the molecule is Cc1c(C(=O)N2C3CCC2CC(O)C3)cnn1CCCN. The van der Waals surface area contributed by atoms with Gasteiger partial charge in [0.25, 0.3) is 5.91 Å². The highest BCUT2D eigenvalue weighted by Crippen LogP contribution is 2.37. The number of aliphatic hydroxyl groups excluding tert-OH is 1. The molecular weight excluding hydrogens is 268 g/mol. The highest BCUT2D eigenvalue weighted by atomic mass is 16.3. The molecule has 0 saturated carbocycles. The van der Waals surface area contributed by atoms with Gasteiger partial charge >= 0.3 is 0 Å². The van der Waals surface area contributed by atoms with Gasteiger partial charge in [-0.15, -0.1) is 0 Å². The Labute approximate surface area is 124 Å². The fourth-order valence-corrected chi connectivity index (χ4v) is 3.74. The minimum absolute atomic E-state index is 0.0749. The average Bonchev–Trinajstić information content (AvgIpc) is 2.95. The lowest BCUT2D eigenvalue weighted by atomic mass is 9.99. The fourth-order valence-electron chi connectivity index (χ4n) is 3.74. The summed E-state index contributed by atoms with van der Waals surface area (Å²) in [4.78, 5) is 14.8. The first-order chi connectivity index (χ1) is 10.1. The maximum atomic E-state index is 12.8. The van der Waals surface area contributed by atoms with Gasteiger partial charge in [0.2, 0.25) is 0 Å². The maximum Gasteiger partial charge on any atom is 0.257 e. The monoisotopic (exact) mass is 292 g/mol. The normalized spacial score (nSPS) is 28.1. The molecule has 21 heavy (non-hydrogen) atoms. The minimum atomic E-state index is -0.250. The number of carbonyl (C=O) groups is 1. The second kappa shape index (κ2) is 5.77. The van der Waals surface area contributed by atoms with Crippen molar-refractivity contribution in [3.05, 3.63) is 17.5 Å². The molecule has 0 radical (unpaired) electrons. The second-order valence-electron chi connectivity index (χ2n) is 6.23. The van der Waals surface area contributed by atoms with Gasteiger partial charge in [-0.25, -0.2) is 0 Å². The number of rotatable bonds is 4. The molecule has 0 spiro atoms. The third kappa shape index (κ3) is 2.58. The van der Waals surface area contributed by atoms with E-state index in [1.807, 2.05) is 16.5 Å². The van der Waals surface area contributed by atoms with Crippen LogP contribution in [0, 0.1) is 6.92 Å². The van der Waals surface area contributed by atoms with Crippen molar-refractivity contribution < 1.29 is 9.90 Å². The van der Waals surface area contributed by atoms with Crippen molar-refractivity contribution in [1.29, 1.82) is 0 Å². The van der Waals surface area contributed by atoms with Crippen molar-refractivity contribution >= 4 is 5.91 Å². The van der Waals surface area contributed by atoms with Gasteiger partial charge < -0.3 is 15.7 Å². The molecule has 3 N–H and O–H groups in total. The van der Waals surface area contributed by atoms with Crippen molar-refractivity contribution in [2.24, 2.45) is 5.73 Å². The molecule has 3 rings (SSSR count). The van der Waals surface area contributed by atoms with E-state index in [-0.39, 0.29) is 24.1 Å². The lowest BCUT2D eigenvalue weighted by Gasteiger charge is -2.37. The molecule has 2 fully saturated rings. The predicted octanol–water partition coefficient (Wildman–Crippen LogP) is 0.668. The highest BCUT2D eigenvalue weighted by Gasteiger charge is 2.43. The highest BCUT2D eigenvalue weighted by molar-refractivity contribution is 5.95. The van der Waals surface area contributed by atoms with Crippen LogP contribution in [0.5, 0.6) is 0 Å². The summed E-state index contributed by atoms with van der Waals surface area (Å²) in [6.07, 6.45) is 5.72. The minimum Gasteiger partial charge on any atom is -0.393 e. The molecule has 2 saturated heterocycles. The van der Waals surface area contributed by atoms with Gasteiger partial charge in [-0.2, -0.15) is 5.10 Å². The van der Waals surface area contributed by atoms with Crippen LogP contribution in [-0.4, -0.2) is 50.4 Å². The maximum absolute atomic E-state index is 12.8. The van der Waals surface area contributed by atoms with Crippen molar-refractivity contribution in [3.63, 3.8) is 0 Å². The van der Waals surface area contributed by atoms with Crippen molar-refractivity contribution in [3.8, 4) is 0 Å². The van der Waals surface area contributed by atoms with Gasteiger partial charge in [-0.05, 0) is 45.6 Å². The zero-order chi connectivity index (χ0) is 15.0. The largest absolute Gasteiger partial charge is 0.393 e. The quantitative estimate of drug-likeness (QED) is 0.854. The first kappa shape index (κ1) is 14.5. The van der Waals surface area contributed by atoms with Crippen LogP contribution >= 0.6 is 0 Å². The predicted molar refractivity (Wildman–Crippen MR) is 78.9 cm³/mol. The van der Waals surface area contributed by atoms with Crippen LogP contribution in [0.25, 0.3) is 0 Å². The summed E-state index contributed by atoms with van der Waals surface area (Å²) in [5.41, 5.74) is 7.14. The second-order valence-corrected chi connectivity index (χ2v) is 6.23. The number of fused-ring (bicyclic) bond motifs is 2. The summed E-state index contributed by atoms with van der Waals surface area (Å²) in [7, 11) is 0. The number of aliphatic hydroxyl groups is 1. The molecule has 0 aliphatic carbocycles. The van der Waals surface area contributed by atoms with Crippen LogP contribution in [0.2, 0.25) is 0 Å². The Morgan fingerprint density at radius 3 is 2.71 bits per heavy atom. The third-order valence-corrected chi connectivity index (χ3v) is 4.85. The fraction of sp³-hybridized carbons (Fsp3) is 0.733. The van der Waals surface area contributed by atoms with Gasteiger partial charge in [-0.3, -0.25) is 9.48 Å². The molecular formula is C15H24N4O2. The van der Waals surface area contributed by atoms with Crippen molar-refractivity contribution in [1.82, 2.24) is 14.7 Å². The summed E-state index contributed by atoms with van der Waals surface area (Å²) in [5.74, 6) is 0.0749. The molecule has 1 amide bonds. The smallest absolute Gasteiger partial charge is 0.257 e. The molecule has 2 bridgehead atoms. The zero-order valence-corrected chi connectivity index (χ0v) is 12.5. The molecule has 116 valence electrons.